The predicted octanol–water partition coefficient (Wildman–Crippen LogP) is 5.65. The summed E-state index contributed by atoms with van der Waals surface area (Å²) in [6.45, 7) is 6.05. The summed E-state index contributed by atoms with van der Waals surface area (Å²) in [6.07, 6.45) is 3.24. The summed E-state index contributed by atoms with van der Waals surface area (Å²) in [6, 6.07) is 12.7. The third-order valence-corrected chi connectivity index (χ3v) is 5.79. The number of unbranched alkanes of at least 4 members (excludes halogenated alkanes) is 1. The van der Waals surface area contributed by atoms with Crippen molar-refractivity contribution in [1.29, 1.82) is 0 Å². The number of nitrogens with zero attached hydrogens (tertiary/aromatic N) is 1. The topological polar surface area (TPSA) is 55.8 Å². The van der Waals surface area contributed by atoms with Crippen LogP contribution < -0.4 is 9.47 Å². The van der Waals surface area contributed by atoms with Crippen LogP contribution in [0.1, 0.15) is 60.2 Å². The number of Topliss-reactive ketones (excluding diaryl/α,β-unsaturated/α-hetero) is 1. The van der Waals surface area contributed by atoms with Crippen molar-refractivity contribution in [3.8, 4) is 11.5 Å². The zero-order valence-electron chi connectivity index (χ0n) is 18.2. The number of halogens is 1. The molecule has 1 heterocycles. The molecular formula is C25H30ClNO4. The van der Waals surface area contributed by atoms with Gasteiger partial charge in [-0.25, -0.2) is 0 Å². The monoisotopic (exact) mass is 443 g/mol. The molecule has 0 N–H and O–H groups in total. The molecule has 0 atom stereocenters. The maximum Gasteiger partial charge on any atom is 0.254 e. The highest BCUT2D eigenvalue weighted by atomic mass is 35.5. The molecule has 1 saturated heterocycles. The first-order valence-electron chi connectivity index (χ1n) is 11.0. The van der Waals surface area contributed by atoms with E-state index in [1.54, 1.807) is 17.0 Å². The SMILES string of the molecule is CCCCOc1c(Cl)cc(C(=O)N2CCC(C(=O)c3ccccc3)CC2)cc1OCC. The number of piperidine rings is 1. The minimum atomic E-state index is -0.103. The number of likely N-dealkylation sites (tertiary alicyclic amines) is 1. The minimum Gasteiger partial charge on any atom is -0.490 e. The summed E-state index contributed by atoms with van der Waals surface area (Å²) in [4.78, 5) is 27.6. The lowest BCUT2D eigenvalue weighted by molar-refractivity contribution is 0.0650. The van der Waals surface area contributed by atoms with Gasteiger partial charge in [0.2, 0.25) is 0 Å². The Morgan fingerprint density at radius 3 is 2.39 bits per heavy atom. The molecule has 166 valence electrons. The fourth-order valence-corrected chi connectivity index (χ4v) is 4.04. The predicted molar refractivity (Wildman–Crippen MR) is 122 cm³/mol. The molecule has 1 amide bonds. The van der Waals surface area contributed by atoms with Crippen LogP contribution in [0.3, 0.4) is 0 Å². The summed E-state index contributed by atoms with van der Waals surface area (Å²) in [5.74, 6) is 0.976. The van der Waals surface area contributed by atoms with E-state index >= 15 is 0 Å². The lowest BCUT2D eigenvalue weighted by Crippen LogP contribution is -2.40. The molecule has 0 aromatic heterocycles. The van der Waals surface area contributed by atoms with Gasteiger partial charge in [-0.3, -0.25) is 9.59 Å². The van der Waals surface area contributed by atoms with E-state index in [-0.39, 0.29) is 17.6 Å². The fourth-order valence-electron chi connectivity index (χ4n) is 3.78. The third-order valence-electron chi connectivity index (χ3n) is 5.51. The Labute approximate surface area is 189 Å². The van der Waals surface area contributed by atoms with E-state index in [2.05, 4.69) is 6.92 Å². The number of hydrogen-bond donors (Lipinski definition) is 0. The van der Waals surface area contributed by atoms with Gasteiger partial charge in [0.15, 0.2) is 17.3 Å². The van der Waals surface area contributed by atoms with Crippen LogP contribution in [0, 0.1) is 5.92 Å². The van der Waals surface area contributed by atoms with Gasteiger partial charge in [0.25, 0.3) is 5.91 Å². The number of ether oxygens (including phenoxy) is 2. The number of ketones is 1. The van der Waals surface area contributed by atoms with Crippen LogP contribution in [0.2, 0.25) is 5.02 Å². The standard InChI is InChI=1S/C25H30ClNO4/c1-3-5-15-31-24-21(26)16-20(17-22(24)30-4-2)25(29)27-13-11-19(12-14-27)23(28)18-9-7-6-8-10-18/h6-10,16-17,19H,3-5,11-15H2,1-2H3. The van der Waals surface area contributed by atoms with Gasteiger partial charge in [0.1, 0.15) is 0 Å². The molecule has 0 bridgehead atoms. The zero-order chi connectivity index (χ0) is 22.2. The lowest BCUT2D eigenvalue weighted by Gasteiger charge is -2.31. The largest absolute Gasteiger partial charge is 0.490 e. The van der Waals surface area contributed by atoms with Crippen molar-refractivity contribution in [1.82, 2.24) is 4.90 Å². The van der Waals surface area contributed by atoms with Crippen LogP contribution in [0.4, 0.5) is 0 Å². The van der Waals surface area contributed by atoms with Gasteiger partial charge in [-0.05, 0) is 38.3 Å². The molecule has 0 spiro atoms. The van der Waals surface area contributed by atoms with E-state index in [4.69, 9.17) is 21.1 Å². The molecular weight excluding hydrogens is 414 g/mol. The molecule has 5 nitrogen and oxygen atoms in total. The van der Waals surface area contributed by atoms with E-state index in [9.17, 15) is 9.59 Å². The molecule has 1 aliphatic rings. The summed E-state index contributed by atoms with van der Waals surface area (Å²) in [5.41, 5.74) is 1.21. The Kier molecular flexibility index (Phi) is 8.35. The summed E-state index contributed by atoms with van der Waals surface area (Å²) < 4.78 is 11.5. The molecule has 31 heavy (non-hydrogen) atoms. The van der Waals surface area contributed by atoms with Crippen molar-refractivity contribution in [3.63, 3.8) is 0 Å². The van der Waals surface area contributed by atoms with Gasteiger partial charge >= 0.3 is 0 Å². The van der Waals surface area contributed by atoms with E-state index in [0.717, 1.165) is 18.4 Å². The highest BCUT2D eigenvalue weighted by molar-refractivity contribution is 6.32. The third kappa shape index (κ3) is 5.79. The van der Waals surface area contributed by atoms with Gasteiger partial charge in [-0.2, -0.15) is 0 Å². The Bertz CT molecular complexity index is 892. The maximum absolute atomic E-state index is 13.1. The van der Waals surface area contributed by atoms with Crippen molar-refractivity contribution < 1.29 is 19.1 Å². The molecule has 0 aliphatic carbocycles. The first kappa shape index (κ1) is 23.1. The van der Waals surface area contributed by atoms with Crippen LogP contribution >= 0.6 is 11.6 Å². The van der Waals surface area contributed by atoms with Crippen LogP contribution in [-0.2, 0) is 0 Å². The van der Waals surface area contributed by atoms with Crippen molar-refractivity contribution >= 4 is 23.3 Å². The van der Waals surface area contributed by atoms with E-state index < -0.39 is 0 Å². The van der Waals surface area contributed by atoms with Crippen molar-refractivity contribution in [3.05, 3.63) is 58.6 Å². The molecule has 0 unspecified atom stereocenters. The van der Waals surface area contributed by atoms with E-state index in [1.807, 2.05) is 37.3 Å². The maximum atomic E-state index is 13.1. The summed E-state index contributed by atoms with van der Waals surface area (Å²) >= 11 is 6.44. The molecule has 2 aromatic carbocycles. The second kappa shape index (κ2) is 11.2. The highest BCUT2D eigenvalue weighted by Gasteiger charge is 2.29. The number of amides is 1. The molecule has 6 heteroatoms. The molecule has 1 fully saturated rings. The lowest BCUT2D eigenvalue weighted by atomic mass is 9.88. The Morgan fingerprint density at radius 1 is 1.03 bits per heavy atom. The summed E-state index contributed by atoms with van der Waals surface area (Å²) in [5, 5.41) is 0.375. The summed E-state index contributed by atoms with van der Waals surface area (Å²) in [7, 11) is 0. The van der Waals surface area contributed by atoms with Gasteiger partial charge in [0.05, 0.1) is 18.2 Å². The number of rotatable bonds is 9. The minimum absolute atomic E-state index is 0.0524. The average Bonchev–Trinajstić information content (AvgIpc) is 2.80. The average molecular weight is 444 g/mol. The van der Waals surface area contributed by atoms with Crippen molar-refractivity contribution in [2.45, 2.75) is 39.5 Å². The number of hydrogen-bond acceptors (Lipinski definition) is 4. The Balaban J connectivity index is 1.68. The highest BCUT2D eigenvalue weighted by Crippen LogP contribution is 2.37. The number of carbonyl (C=O) groups excluding carboxylic acids is 2. The van der Waals surface area contributed by atoms with Crippen LogP contribution in [-0.4, -0.2) is 42.9 Å². The zero-order valence-corrected chi connectivity index (χ0v) is 19.0. The first-order chi connectivity index (χ1) is 15.0. The normalized spacial score (nSPS) is 14.4. The second-order valence-corrected chi connectivity index (χ2v) is 8.12. The van der Waals surface area contributed by atoms with E-state index in [0.29, 0.717) is 61.2 Å². The molecule has 0 saturated carbocycles. The van der Waals surface area contributed by atoms with Gasteiger partial charge < -0.3 is 14.4 Å². The molecule has 0 radical (unpaired) electrons. The quantitative estimate of drug-likeness (QED) is 0.371. The Morgan fingerprint density at radius 2 is 1.74 bits per heavy atom. The van der Waals surface area contributed by atoms with Gasteiger partial charge in [0, 0.05) is 30.1 Å². The van der Waals surface area contributed by atoms with Crippen LogP contribution in [0.15, 0.2) is 42.5 Å². The van der Waals surface area contributed by atoms with Gasteiger partial charge in [-0.15, -0.1) is 0 Å². The van der Waals surface area contributed by atoms with Crippen LogP contribution in [0.5, 0.6) is 11.5 Å². The Hall–Kier alpha value is -2.53. The van der Waals surface area contributed by atoms with Crippen molar-refractivity contribution in [2.24, 2.45) is 5.92 Å². The molecule has 3 rings (SSSR count). The molecule has 2 aromatic rings. The van der Waals surface area contributed by atoms with Crippen molar-refractivity contribution in [2.75, 3.05) is 26.3 Å². The first-order valence-corrected chi connectivity index (χ1v) is 11.4. The fraction of sp³-hybridized carbons (Fsp3) is 0.440. The van der Waals surface area contributed by atoms with Gasteiger partial charge in [-0.1, -0.05) is 55.3 Å². The second-order valence-electron chi connectivity index (χ2n) is 7.72. The van der Waals surface area contributed by atoms with E-state index in [1.165, 1.54) is 0 Å². The van der Waals surface area contributed by atoms with Crippen LogP contribution in [0.25, 0.3) is 0 Å². The smallest absolute Gasteiger partial charge is 0.254 e. The number of carbonyl (C=O) groups is 2. The molecule has 1 aliphatic heterocycles. The number of benzene rings is 2.